The number of aryl methyl sites for hydroxylation is 1. The maximum atomic E-state index is 10.5. The van der Waals surface area contributed by atoms with E-state index < -0.39 is 5.97 Å². The van der Waals surface area contributed by atoms with E-state index in [-0.39, 0.29) is 5.75 Å². The Balaban J connectivity index is 2.18. The third-order valence-electron chi connectivity index (χ3n) is 2.22. The molecule has 5 heteroatoms. The van der Waals surface area contributed by atoms with Crippen LogP contribution in [0.2, 0.25) is 0 Å². The summed E-state index contributed by atoms with van der Waals surface area (Å²) in [7, 11) is 0. The summed E-state index contributed by atoms with van der Waals surface area (Å²) in [6, 6.07) is 8.03. The zero-order valence-electron chi connectivity index (χ0n) is 9.21. The summed E-state index contributed by atoms with van der Waals surface area (Å²) in [5.74, 6) is -0.761. The highest BCUT2D eigenvalue weighted by atomic mass is 32.2. The third-order valence-corrected chi connectivity index (χ3v) is 4.23. The first-order valence-electron chi connectivity index (χ1n) is 5.03. The molecule has 0 fully saturated rings. The molecule has 1 heterocycles. The number of hydrogen-bond acceptors (Lipinski definition) is 4. The molecule has 3 nitrogen and oxygen atoms in total. The monoisotopic (exact) mass is 265 g/mol. The van der Waals surface area contributed by atoms with Gasteiger partial charge in [0.2, 0.25) is 0 Å². The molecular formula is C12H11NO2S2. The van der Waals surface area contributed by atoms with Gasteiger partial charge in [-0.25, -0.2) is 4.98 Å². The van der Waals surface area contributed by atoms with E-state index >= 15 is 0 Å². The Hall–Kier alpha value is -1.33. The van der Waals surface area contributed by atoms with Gasteiger partial charge in [-0.1, -0.05) is 36.0 Å². The van der Waals surface area contributed by atoms with Crippen LogP contribution < -0.4 is 0 Å². The number of carboxylic acid groups (broad SMARTS) is 1. The van der Waals surface area contributed by atoms with Gasteiger partial charge in [-0.05, 0) is 12.5 Å². The second-order valence-corrected chi connectivity index (χ2v) is 5.58. The lowest BCUT2D eigenvalue weighted by atomic mass is 10.1. The van der Waals surface area contributed by atoms with Crippen LogP contribution in [-0.4, -0.2) is 21.8 Å². The van der Waals surface area contributed by atoms with Crippen molar-refractivity contribution in [2.75, 3.05) is 5.75 Å². The number of carbonyl (C=O) groups is 1. The molecule has 0 amide bonds. The van der Waals surface area contributed by atoms with Crippen LogP contribution in [0.25, 0.3) is 11.3 Å². The van der Waals surface area contributed by atoms with Crippen molar-refractivity contribution in [2.45, 2.75) is 11.3 Å². The van der Waals surface area contributed by atoms with E-state index in [9.17, 15) is 4.79 Å². The molecule has 0 radical (unpaired) electrons. The normalized spacial score (nSPS) is 10.4. The van der Waals surface area contributed by atoms with Crippen LogP contribution >= 0.6 is 23.1 Å². The summed E-state index contributed by atoms with van der Waals surface area (Å²) < 4.78 is 0.797. The lowest BCUT2D eigenvalue weighted by Crippen LogP contribution is -1.97. The number of rotatable bonds is 4. The second kappa shape index (κ2) is 5.33. The zero-order valence-corrected chi connectivity index (χ0v) is 10.8. The van der Waals surface area contributed by atoms with Crippen molar-refractivity contribution in [3.8, 4) is 11.3 Å². The van der Waals surface area contributed by atoms with Gasteiger partial charge in [0, 0.05) is 10.9 Å². The summed E-state index contributed by atoms with van der Waals surface area (Å²) in [5.41, 5.74) is 3.19. The van der Waals surface area contributed by atoms with Crippen molar-refractivity contribution >= 4 is 29.1 Å². The van der Waals surface area contributed by atoms with Crippen LogP contribution in [0.3, 0.4) is 0 Å². The van der Waals surface area contributed by atoms with Gasteiger partial charge in [-0.15, -0.1) is 11.3 Å². The fraction of sp³-hybridized carbons (Fsp3) is 0.167. The maximum absolute atomic E-state index is 10.5. The minimum Gasteiger partial charge on any atom is -0.481 e. The Labute approximate surface area is 108 Å². The van der Waals surface area contributed by atoms with Gasteiger partial charge in [0.05, 0.1) is 11.4 Å². The Kier molecular flexibility index (Phi) is 3.81. The lowest BCUT2D eigenvalue weighted by Gasteiger charge is -2.00. The third kappa shape index (κ3) is 3.08. The molecule has 1 aromatic heterocycles. The second-order valence-electron chi connectivity index (χ2n) is 3.50. The van der Waals surface area contributed by atoms with Gasteiger partial charge in [0.1, 0.15) is 0 Å². The summed E-state index contributed by atoms with van der Waals surface area (Å²) >= 11 is 2.74. The molecule has 1 N–H and O–H groups in total. The van der Waals surface area contributed by atoms with Crippen LogP contribution in [0, 0.1) is 6.92 Å². The van der Waals surface area contributed by atoms with Crippen molar-refractivity contribution in [1.29, 1.82) is 0 Å². The molecule has 88 valence electrons. The Morgan fingerprint density at radius 2 is 2.24 bits per heavy atom. The molecule has 0 aliphatic heterocycles. The molecule has 0 atom stereocenters. The summed E-state index contributed by atoms with van der Waals surface area (Å²) in [6.45, 7) is 2.04. The zero-order chi connectivity index (χ0) is 12.3. The number of hydrogen-bond donors (Lipinski definition) is 1. The standard InChI is InChI=1S/C12H11NO2S2/c1-8-4-2-3-5-9(8)10-6-16-12(13-10)17-7-11(14)15/h2-6H,7H2,1H3,(H,14,15). The SMILES string of the molecule is Cc1ccccc1-c1csc(SCC(=O)O)n1. The van der Waals surface area contributed by atoms with Gasteiger partial charge < -0.3 is 5.11 Å². The van der Waals surface area contributed by atoms with E-state index in [1.807, 2.05) is 36.6 Å². The number of aliphatic carboxylic acids is 1. The molecule has 0 aliphatic carbocycles. The van der Waals surface area contributed by atoms with Gasteiger partial charge in [0.15, 0.2) is 4.34 Å². The molecule has 0 aliphatic rings. The van der Waals surface area contributed by atoms with Crippen LogP contribution in [0.1, 0.15) is 5.56 Å². The van der Waals surface area contributed by atoms with Crippen LogP contribution in [0.5, 0.6) is 0 Å². The molecule has 17 heavy (non-hydrogen) atoms. The van der Waals surface area contributed by atoms with Crippen molar-refractivity contribution < 1.29 is 9.90 Å². The van der Waals surface area contributed by atoms with Crippen molar-refractivity contribution in [3.05, 3.63) is 35.2 Å². The fourth-order valence-electron chi connectivity index (χ4n) is 1.43. The summed E-state index contributed by atoms with van der Waals surface area (Å²) in [6.07, 6.45) is 0. The Morgan fingerprint density at radius 1 is 1.47 bits per heavy atom. The molecule has 0 saturated carbocycles. The summed E-state index contributed by atoms with van der Waals surface area (Å²) in [5, 5.41) is 10.6. The highest BCUT2D eigenvalue weighted by Gasteiger charge is 2.08. The lowest BCUT2D eigenvalue weighted by molar-refractivity contribution is -0.133. The van der Waals surface area contributed by atoms with E-state index in [0.29, 0.717) is 0 Å². The highest BCUT2D eigenvalue weighted by molar-refractivity contribution is 8.01. The Morgan fingerprint density at radius 3 is 2.94 bits per heavy atom. The number of thiazole rings is 1. The molecular weight excluding hydrogens is 254 g/mol. The number of thioether (sulfide) groups is 1. The van der Waals surface area contributed by atoms with Crippen molar-refractivity contribution in [1.82, 2.24) is 4.98 Å². The molecule has 0 spiro atoms. The van der Waals surface area contributed by atoms with E-state index in [2.05, 4.69) is 4.98 Å². The quantitative estimate of drug-likeness (QED) is 0.862. The summed E-state index contributed by atoms with van der Waals surface area (Å²) in [4.78, 5) is 14.9. The topological polar surface area (TPSA) is 50.2 Å². The van der Waals surface area contributed by atoms with Gasteiger partial charge in [-0.3, -0.25) is 4.79 Å². The number of nitrogens with zero attached hydrogens (tertiary/aromatic N) is 1. The molecule has 0 unspecified atom stereocenters. The van der Waals surface area contributed by atoms with Crippen LogP contribution in [-0.2, 0) is 4.79 Å². The molecule has 2 rings (SSSR count). The van der Waals surface area contributed by atoms with Gasteiger partial charge in [-0.2, -0.15) is 0 Å². The highest BCUT2D eigenvalue weighted by Crippen LogP contribution is 2.29. The molecule has 1 aromatic carbocycles. The Bertz CT molecular complexity index is 537. The predicted molar refractivity (Wildman–Crippen MR) is 70.6 cm³/mol. The van der Waals surface area contributed by atoms with Crippen molar-refractivity contribution in [2.24, 2.45) is 0 Å². The molecule has 2 aromatic rings. The van der Waals surface area contributed by atoms with Gasteiger partial charge >= 0.3 is 5.97 Å². The van der Waals surface area contributed by atoms with E-state index in [0.717, 1.165) is 15.6 Å². The van der Waals surface area contributed by atoms with Crippen LogP contribution in [0.4, 0.5) is 0 Å². The number of carboxylic acids is 1. The molecule has 0 bridgehead atoms. The number of benzene rings is 1. The average molecular weight is 265 g/mol. The van der Waals surface area contributed by atoms with E-state index in [1.165, 1.54) is 28.7 Å². The fourth-order valence-corrected chi connectivity index (χ4v) is 2.98. The largest absolute Gasteiger partial charge is 0.481 e. The smallest absolute Gasteiger partial charge is 0.313 e. The van der Waals surface area contributed by atoms with Crippen molar-refractivity contribution in [3.63, 3.8) is 0 Å². The van der Waals surface area contributed by atoms with Gasteiger partial charge in [0.25, 0.3) is 0 Å². The minimum absolute atomic E-state index is 0.0563. The molecule has 0 saturated heterocycles. The average Bonchev–Trinajstić information content (AvgIpc) is 2.75. The maximum Gasteiger partial charge on any atom is 0.313 e. The number of aromatic nitrogens is 1. The first-order valence-corrected chi connectivity index (χ1v) is 6.89. The first kappa shape index (κ1) is 12.1. The van der Waals surface area contributed by atoms with E-state index in [4.69, 9.17) is 5.11 Å². The predicted octanol–water partition coefficient (Wildman–Crippen LogP) is 3.30. The minimum atomic E-state index is -0.817. The first-order chi connectivity index (χ1) is 8.16. The van der Waals surface area contributed by atoms with Crippen LogP contribution in [0.15, 0.2) is 34.0 Å². The van der Waals surface area contributed by atoms with E-state index in [1.54, 1.807) is 0 Å².